The number of fused-ring (bicyclic) bond motifs is 1. The van der Waals surface area contributed by atoms with Gasteiger partial charge < -0.3 is 20.3 Å². The predicted molar refractivity (Wildman–Crippen MR) is 77.4 cm³/mol. The van der Waals surface area contributed by atoms with Gasteiger partial charge in [-0.3, -0.25) is 5.41 Å². The Morgan fingerprint density at radius 2 is 2.26 bits per heavy atom. The predicted octanol–water partition coefficient (Wildman–Crippen LogP) is 1.56. The van der Waals surface area contributed by atoms with Crippen molar-refractivity contribution in [3.05, 3.63) is 30.4 Å². The van der Waals surface area contributed by atoms with Crippen molar-refractivity contribution in [3.63, 3.8) is 0 Å². The zero-order chi connectivity index (χ0) is 13.2. The van der Waals surface area contributed by atoms with Gasteiger partial charge >= 0.3 is 0 Å². The maximum Gasteiger partial charge on any atom is 0.195 e. The summed E-state index contributed by atoms with van der Waals surface area (Å²) in [4.78, 5) is 1.98. The first-order valence-electron chi connectivity index (χ1n) is 6.54. The van der Waals surface area contributed by atoms with Crippen molar-refractivity contribution in [1.82, 2.24) is 5.32 Å². The summed E-state index contributed by atoms with van der Waals surface area (Å²) in [5, 5.41) is 14.3. The molecule has 0 spiro atoms. The molecular weight excluding hydrogens is 240 g/mol. The Morgan fingerprint density at radius 3 is 3.00 bits per heavy atom. The number of allylic oxidation sites excluding steroid dienone is 1. The van der Waals surface area contributed by atoms with Crippen LogP contribution in [0.4, 0.5) is 11.4 Å². The van der Waals surface area contributed by atoms with Crippen molar-refractivity contribution in [2.75, 3.05) is 36.5 Å². The second-order valence-corrected chi connectivity index (χ2v) is 4.63. The van der Waals surface area contributed by atoms with Gasteiger partial charge in [0.2, 0.25) is 0 Å². The van der Waals surface area contributed by atoms with Crippen LogP contribution in [0.3, 0.4) is 0 Å². The maximum atomic E-state index is 7.94. The molecule has 0 aromatic heterocycles. The average molecular weight is 258 g/mol. The molecule has 5 nitrogen and oxygen atoms in total. The highest BCUT2D eigenvalue weighted by molar-refractivity contribution is 5.97. The van der Waals surface area contributed by atoms with Crippen molar-refractivity contribution >= 4 is 17.3 Å². The second-order valence-electron chi connectivity index (χ2n) is 4.63. The van der Waals surface area contributed by atoms with Crippen LogP contribution in [0.5, 0.6) is 5.75 Å². The molecule has 2 aliphatic heterocycles. The third kappa shape index (κ3) is 2.01. The Bertz CT molecular complexity index is 526. The fourth-order valence-electron chi connectivity index (χ4n) is 2.59. The number of benzene rings is 1. The molecule has 19 heavy (non-hydrogen) atoms. The normalized spacial score (nSPS) is 17.3. The smallest absolute Gasteiger partial charge is 0.195 e. The van der Waals surface area contributed by atoms with E-state index in [1.807, 2.05) is 17.0 Å². The van der Waals surface area contributed by atoms with E-state index in [9.17, 15) is 0 Å². The lowest BCUT2D eigenvalue weighted by atomic mass is 10.0. The van der Waals surface area contributed by atoms with Crippen molar-refractivity contribution in [3.8, 4) is 5.75 Å². The average Bonchev–Trinajstić information content (AvgIpc) is 2.86. The van der Waals surface area contributed by atoms with Crippen LogP contribution in [0.15, 0.2) is 24.8 Å². The molecule has 0 atom stereocenters. The maximum absolute atomic E-state index is 7.94. The molecule has 1 saturated heterocycles. The van der Waals surface area contributed by atoms with Crippen molar-refractivity contribution in [1.29, 1.82) is 5.41 Å². The zero-order valence-corrected chi connectivity index (χ0v) is 10.8. The van der Waals surface area contributed by atoms with Crippen molar-refractivity contribution in [2.45, 2.75) is 6.42 Å². The highest BCUT2D eigenvalue weighted by atomic mass is 16.5. The lowest BCUT2D eigenvalue weighted by Gasteiger charge is -2.27. The summed E-state index contributed by atoms with van der Waals surface area (Å²) in [7, 11) is 0. The van der Waals surface area contributed by atoms with Gasteiger partial charge in [-0.1, -0.05) is 6.08 Å². The summed E-state index contributed by atoms with van der Waals surface area (Å²) in [5.41, 5.74) is 3.18. The molecule has 1 aromatic rings. The van der Waals surface area contributed by atoms with E-state index in [2.05, 4.69) is 23.3 Å². The first-order chi connectivity index (χ1) is 9.31. The molecule has 100 valence electrons. The van der Waals surface area contributed by atoms with Gasteiger partial charge in [-0.05, 0) is 18.6 Å². The van der Waals surface area contributed by atoms with Gasteiger partial charge in [0.05, 0.1) is 11.4 Å². The number of ether oxygens (including phenoxy) is 1. The Labute approximate surface area is 112 Å². The van der Waals surface area contributed by atoms with Gasteiger partial charge in [0.25, 0.3) is 0 Å². The van der Waals surface area contributed by atoms with E-state index in [0.717, 1.165) is 48.7 Å². The van der Waals surface area contributed by atoms with Gasteiger partial charge in [-0.15, -0.1) is 6.58 Å². The Hall–Kier alpha value is -2.17. The summed E-state index contributed by atoms with van der Waals surface area (Å²) < 4.78 is 5.81. The molecule has 2 heterocycles. The number of anilines is 2. The van der Waals surface area contributed by atoms with Crippen molar-refractivity contribution in [2.24, 2.45) is 0 Å². The molecule has 0 saturated carbocycles. The van der Waals surface area contributed by atoms with Crippen LogP contribution in [-0.2, 0) is 6.42 Å². The number of nitrogens with zero attached hydrogens (tertiary/aromatic N) is 1. The molecule has 0 unspecified atom stereocenters. The number of nitrogens with one attached hydrogen (secondary N) is 3. The number of guanidine groups is 1. The minimum Gasteiger partial charge on any atom is -0.489 e. The van der Waals surface area contributed by atoms with E-state index >= 15 is 0 Å². The molecule has 2 aliphatic rings. The number of hydrogen-bond donors (Lipinski definition) is 3. The van der Waals surface area contributed by atoms with Crippen LogP contribution >= 0.6 is 0 Å². The first-order valence-corrected chi connectivity index (χ1v) is 6.54. The lowest BCUT2D eigenvalue weighted by Crippen LogP contribution is -2.30. The largest absolute Gasteiger partial charge is 0.489 e. The van der Waals surface area contributed by atoms with E-state index in [0.29, 0.717) is 12.6 Å². The molecule has 0 bridgehead atoms. The molecule has 3 rings (SSSR count). The van der Waals surface area contributed by atoms with Crippen molar-refractivity contribution < 1.29 is 4.74 Å². The highest BCUT2D eigenvalue weighted by Crippen LogP contribution is 2.38. The molecule has 1 aromatic carbocycles. The van der Waals surface area contributed by atoms with E-state index in [1.165, 1.54) is 0 Å². The molecule has 1 fully saturated rings. The quantitative estimate of drug-likeness (QED) is 0.720. The molecular formula is C14H18N4O. The fourth-order valence-corrected chi connectivity index (χ4v) is 2.59. The minimum absolute atomic E-state index is 0.453. The van der Waals surface area contributed by atoms with Gasteiger partial charge in [-0.2, -0.15) is 0 Å². The molecule has 0 aliphatic carbocycles. The monoisotopic (exact) mass is 258 g/mol. The third-order valence-corrected chi connectivity index (χ3v) is 3.44. The topological polar surface area (TPSA) is 60.4 Å². The molecule has 3 N–H and O–H groups in total. The van der Waals surface area contributed by atoms with Crippen LogP contribution < -0.4 is 20.3 Å². The molecule has 5 heteroatoms. The summed E-state index contributed by atoms with van der Waals surface area (Å²) in [6, 6.07) is 4.09. The van der Waals surface area contributed by atoms with Gasteiger partial charge in [-0.25, -0.2) is 0 Å². The highest BCUT2D eigenvalue weighted by Gasteiger charge is 2.24. The summed E-state index contributed by atoms with van der Waals surface area (Å²) in [5.74, 6) is 1.36. The number of rotatable bonds is 3. The van der Waals surface area contributed by atoms with Gasteiger partial charge in [0.1, 0.15) is 12.4 Å². The first kappa shape index (κ1) is 11.9. The molecule has 0 radical (unpaired) electrons. The van der Waals surface area contributed by atoms with Crippen LogP contribution in [0.25, 0.3) is 0 Å². The third-order valence-electron chi connectivity index (χ3n) is 3.44. The summed E-state index contributed by atoms with van der Waals surface area (Å²) in [6.07, 6.45) is 2.62. The van der Waals surface area contributed by atoms with E-state index in [4.69, 9.17) is 10.1 Å². The van der Waals surface area contributed by atoms with E-state index in [-0.39, 0.29) is 0 Å². The van der Waals surface area contributed by atoms with Gasteiger partial charge in [0, 0.05) is 25.2 Å². The fraction of sp³-hybridized carbons (Fsp3) is 0.357. The Morgan fingerprint density at radius 1 is 1.37 bits per heavy atom. The Balaban J connectivity index is 2.07. The van der Waals surface area contributed by atoms with Crippen LogP contribution in [0.1, 0.15) is 5.56 Å². The lowest BCUT2D eigenvalue weighted by molar-refractivity contribution is 0.320. The SMILES string of the molecule is C=CCc1c(N2CCNC2=N)ccc2c1OCCN2. The number of hydrogen-bond acceptors (Lipinski definition) is 3. The molecule has 0 amide bonds. The second kappa shape index (κ2) is 4.84. The Kier molecular flexibility index (Phi) is 3.03. The summed E-state index contributed by atoms with van der Waals surface area (Å²) in [6.45, 7) is 6.96. The van der Waals surface area contributed by atoms with Crippen LogP contribution in [0.2, 0.25) is 0 Å². The van der Waals surface area contributed by atoms with Crippen LogP contribution in [-0.4, -0.2) is 32.2 Å². The summed E-state index contributed by atoms with van der Waals surface area (Å²) >= 11 is 0. The van der Waals surface area contributed by atoms with E-state index < -0.39 is 0 Å². The standard InChI is InChI=1S/C14H18N4O/c1-2-3-10-12(18-8-6-17-14(18)15)5-4-11-13(10)19-9-7-16-11/h2,4-5,16H,1,3,6-9H2,(H2,15,17). The zero-order valence-electron chi connectivity index (χ0n) is 10.8. The van der Waals surface area contributed by atoms with E-state index in [1.54, 1.807) is 0 Å². The van der Waals surface area contributed by atoms with Crippen LogP contribution in [0, 0.1) is 5.41 Å². The minimum atomic E-state index is 0.453. The van der Waals surface area contributed by atoms with Gasteiger partial charge in [0.15, 0.2) is 5.96 Å².